The molecule has 2 aromatic rings. The smallest absolute Gasteiger partial charge is 0.305 e. The minimum Gasteiger partial charge on any atom is -0.481 e. The fourth-order valence-electron chi connectivity index (χ4n) is 2.91. The quantitative estimate of drug-likeness (QED) is 0.815. The van der Waals surface area contributed by atoms with Crippen molar-refractivity contribution < 1.29 is 19.1 Å². The highest BCUT2D eigenvalue weighted by Crippen LogP contribution is 2.24. The Balaban J connectivity index is 2.32. The summed E-state index contributed by atoms with van der Waals surface area (Å²) in [4.78, 5) is 23.8. The van der Waals surface area contributed by atoms with Gasteiger partial charge in [-0.3, -0.25) is 9.59 Å². The average molecular weight is 367 g/mol. The third-order valence-electron chi connectivity index (χ3n) is 4.16. The van der Waals surface area contributed by atoms with Crippen molar-refractivity contribution in [2.75, 3.05) is 0 Å². The van der Waals surface area contributed by atoms with Crippen LogP contribution in [0.1, 0.15) is 46.7 Å². The summed E-state index contributed by atoms with van der Waals surface area (Å²) in [7, 11) is 0. The molecule has 2 N–H and O–H groups in total. The third-order valence-corrected chi connectivity index (χ3v) is 4.47. The van der Waals surface area contributed by atoms with E-state index in [4.69, 9.17) is 16.7 Å². The lowest BCUT2D eigenvalue weighted by Crippen LogP contribution is -2.30. The number of rotatable bonds is 6. The summed E-state index contributed by atoms with van der Waals surface area (Å²) in [5, 5.41) is 11.7. The standard InChI is InChI=1S/C18H20ClFN2O3/c1-4-22-10(2)7-13(11(22)3)18(25)21-16(9-17(23)24)12-5-6-14(19)15(20)8-12/h5-8,16H,4,9H2,1-3H3,(H,21,25)(H,23,24). The predicted octanol–water partition coefficient (Wildman–Crippen LogP) is 3.86. The SMILES string of the molecule is CCn1c(C)cc(C(=O)NC(CC(=O)O)c2ccc(Cl)c(F)c2)c1C. The van der Waals surface area contributed by atoms with Crippen LogP contribution < -0.4 is 5.32 Å². The van der Waals surface area contributed by atoms with Gasteiger partial charge < -0.3 is 15.0 Å². The number of aromatic nitrogens is 1. The van der Waals surface area contributed by atoms with Gasteiger partial charge in [0.05, 0.1) is 23.0 Å². The lowest BCUT2D eigenvalue weighted by molar-refractivity contribution is -0.137. The maximum Gasteiger partial charge on any atom is 0.305 e. The van der Waals surface area contributed by atoms with Crippen LogP contribution in [0.4, 0.5) is 4.39 Å². The summed E-state index contributed by atoms with van der Waals surface area (Å²) in [6.45, 7) is 6.44. The Morgan fingerprint density at radius 2 is 2.00 bits per heavy atom. The third kappa shape index (κ3) is 4.20. The number of hydrogen-bond donors (Lipinski definition) is 2. The molecule has 2 rings (SSSR count). The summed E-state index contributed by atoms with van der Waals surface area (Å²) in [5.41, 5.74) is 2.57. The highest BCUT2D eigenvalue weighted by molar-refractivity contribution is 6.30. The van der Waals surface area contributed by atoms with Crippen LogP contribution in [0.3, 0.4) is 0 Å². The molecule has 1 atom stereocenters. The highest BCUT2D eigenvalue weighted by atomic mass is 35.5. The zero-order valence-electron chi connectivity index (χ0n) is 14.3. The molecule has 5 nitrogen and oxygen atoms in total. The van der Waals surface area contributed by atoms with E-state index in [2.05, 4.69) is 5.32 Å². The van der Waals surface area contributed by atoms with Crippen molar-refractivity contribution in [1.82, 2.24) is 9.88 Å². The Morgan fingerprint density at radius 1 is 1.32 bits per heavy atom. The number of aliphatic carboxylic acids is 1. The monoisotopic (exact) mass is 366 g/mol. The van der Waals surface area contributed by atoms with Gasteiger partial charge in [-0.25, -0.2) is 4.39 Å². The van der Waals surface area contributed by atoms with Crippen molar-refractivity contribution in [1.29, 1.82) is 0 Å². The van der Waals surface area contributed by atoms with Crippen LogP contribution in [0, 0.1) is 19.7 Å². The summed E-state index contributed by atoms with van der Waals surface area (Å²) >= 11 is 5.67. The average Bonchev–Trinajstić information content (AvgIpc) is 2.83. The van der Waals surface area contributed by atoms with Gasteiger partial charge in [-0.1, -0.05) is 17.7 Å². The fourth-order valence-corrected chi connectivity index (χ4v) is 3.03. The summed E-state index contributed by atoms with van der Waals surface area (Å²) in [6, 6.07) is 4.89. The zero-order valence-corrected chi connectivity index (χ0v) is 15.0. The molecule has 7 heteroatoms. The van der Waals surface area contributed by atoms with E-state index in [1.165, 1.54) is 12.1 Å². The zero-order chi connectivity index (χ0) is 18.7. The first-order valence-corrected chi connectivity index (χ1v) is 8.26. The van der Waals surface area contributed by atoms with E-state index in [-0.39, 0.29) is 11.4 Å². The van der Waals surface area contributed by atoms with Gasteiger partial charge in [0.15, 0.2) is 0 Å². The van der Waals surface area contributed by atoms with E-state index >= 15 is 0 Å². The first-order chi connectivity index (χ1) is 11.7. The molecule has 0 aliphatic carbocycles. The van der Waals surface area contributed by atoms with Gasteiger partial charge in [-0.05, 0) is 44.5 Å². The molecule has 0 radical (unpaired) electrons. The topological polar surface area (TPSA) is 71.3 Å². The van der Waals surface area contributed by atoms with Gasteiger partial charge in [-0.2, -0.15) is 0 Å². The number of aryl methyl sites for hydroxylation is 1. The Kier molecular flexibility index (Phi) is 5.85. The lowest BCUT2D eigenvalue weighted by Gasteiger charge is -2.18. The molecule has 0 saturated carbocycles. The molecule has 0 aliphatic heterocycles. The van der Waals surface area contributed by atoms with Crippen LogP contribution in [-0.2, 0) is 11.3 Å². The van der Waals surface area contributed by atoms with Gasteiger partial charge in [0.25, 0.3) is 5.91 Å². The number of halogens is 2. The summed E-state index contributed by atoms with van der Waals surface area (Å²) < 4.78 is 15.7. The van der Waals surface area contributed by atoms with E-state index in [0.717, 1.165) is 24.0 Å². The molecular weight excluding hydrogens is 347 g/mol. The van der Waals surface area contributed by atoms with Crippen LogP contribution in [-0.4, -0.2) is 21.6 Å². The Hall–Kier alpha value is -2.34. The maximum absolute atomic E-state index is 13.7. The number of hydrogen-bond acceptors (Lipinski definition) is 2. The molecule has 0 aliphatic rings. The second-order valence-corrected chi connectivity index (χ2v) is 6.23. The molecule has 1 unspecified atom stereocenters. The molecule has 0 spiro atoms. The number of carbonyl (C=O) groups excluding carboxylic acids is 1. The van der Waals surface area contributed by atoms with Crippen molar-refractivity contribution in [3.8, 4) is 0 Å². The molecule has 1 aromatic heterocycles. The number of nitrogens with one attached hydrogen (secondary N) is 1. The van der Waals surface area contributed by atoms with Crippen molar-refractivity contribution in [3.05, 3.63) is 57.6 Å². The lowest BCUT2D eigenvalue weighted by atomic mass is 10.0. The summed E-state index contributed by atoms with van der Waals surface area (Å²) in [6.07, 6.45) is -0.362. The van der Waals surface area contributed by atoms with Crippen LogP contribution in [0.15, 0.2) is 24.3 Å². The molecule has 0 bridgehead atoms. The van der Waals surface area contributed by atoms with Crippen molar-refractivity contribution in [2.45, 2.75) is 39.8 Å². The minimum atomic E-state index is -1.10. The normalized spacial score (nSPS) is 12.0. The Bertz CT molecular complexity index is 817. The predicted molar refractivity (Wildman–Crippen MR) is 93.5 cm³/mol. The van der Waals surface area contributed by atoms with Gasteiger partial charge in [0.2, 0.25) is 0 Å². The van der Waals surface area contributed by atoms with Gasteiger partial charge >= 0.3 is 5.97 Å². The molecule has 25 heavy (non-hydrogen) atoms. The van der Waals surface area contributed by atoms with Gasteiger partial charge in [0.1, 0.15) is 5.82 Å². The van der Waals surface area contributed by atoms with E-state index in [1.54, 1.807) is 6.07 Å². The molecular formula is C18H20ClFN2O3. The number of carboxylic acids is 1. The molecule has 1 heterocycles. The van der Waals surface area contributed by atoms with Crippen LogP contribution >= 0.6 is 11.6 Å². The number of amides is 1. The van der Waals surface area contributed by atoms with E-state index in [0.29, 0.717) is 11.1 Å². The van der Waals surface area contributed by atoms with Crippen molar-refractivity contribution >= 4 is 23.5 Å². The fraction of sp³-hybridized carbons (Fsp3) is 0.333. The molecule has 0 saturated heterocycles. The van der Waals surface area contributed by atoms with Gasteiger partial charge in [0, 0.05) is 17.9 Å². The second-order valence-electron chi connectivity index (χ2n) is 5.83. The largest absolute Gasteiger partial charge is 0.481 e. The minimum absolute atomic E-state index is 0.0596. The number of nitrogens with zero attached hydrogens (tertiary/aromatic N) is 1. The first kappa shape index (κ1) is 19.0. The molecule has 134 valence electrons. The number of carboxylic acid groups (broad SMARTS) is 1. The van der Waals surface area contributed by atoms with E-state index < -0.39 is 23.7 Å². The number of carbonyl (C=O) groups is 2. The molecule has 1 aromatic carbocycles. The van der Waals surface area contributed by atoms with Crippen LogP contribution in [0.5, 0.6) is 0 Å². The Labute approximate surface area is 150 Å². The first-order valence-electron chi connectivity index (χ1n) is 7.88. The van der Waals surface area contributed by atoms with Gasteiger partial charge in [-0.15, -0.1) is 0 Å². The van der Waals surface area contributed by atoms with Crippen molar-refractivity contribution in [2.24, 2.45) is 0 Å². The summed E-state index contributed by atoms with van der Waals surface area (Å²) in [5.74, 6) is -2.15. The molecule has 1 amide bonds. The van der Waals surface area contributed by atoms with Crippen LogP contribution in [0.2, 0.25) is 5.02 Å². The van der Waals surface area contributed by atoms with Crippen LogP contribution in [0.25, 0.3) is 0 Å². The Morgan fingerprint density at radius 3 is 2.52 bits per heavy atom. The highest BCUT2D eigenvalue weighted by Gasteiger charge is 2.22. The van der Waals surface area contributed by atoms with Crippen molar-refractivity contribution in [3.63, 3.8) is 0 Å². The number of benzene rings is 1. The van der Waals surface area contributed by atoms with E-state index in [1.807, 2.05) is 25.3 Å². The van der Waals surface area contributed by atoms with E-state index in [9.17, 15) is 14.0 Å². The second kappa shape index (κ2) is 7.70. The molecule has 0 fully saturated rings. The maximum atomic E-state index is 13.7.